The number of hydrazine groups is 1. The first-order valence-electron chi connectivity index (χ1n) is 3.98. The van der Waals surface area contributed by atoms with Crippen LogP contribution in [0, 0.1) is 0 Å². The third-order valence-electron chi connectivity index (χ3n) is 1.91. The fourth-order valence-corrected chi connectivity index (χ4v) is 1.45. The first kappa shape index (κ1) is 9.17. The smallest absolute Gasteiger partial charge is 0.153 e. The van der Waals surface area contributed by atoms with Gasteiger partial charge in [0.2, 0.25) is 0 Å². The second-order valence-corrected chi connectivity index (χ2v) is 3.14. The van der Waals surface area contributed by atoms with Crippen LogP contribution in [0.2, 0.25) is 5.15 Å². The highest BCUT2D eigenvalue weighted by Crippen LogP contribution is 2.20. The van der Waals surface area contributed by atoms with Crippen molar-refractivity contribution in [2.75, 3.05) is 19.5 Å². The predicted octanol–water partition coefficient (Wildman–Crippen LogP) is -0.134. The molecule has 1 aromatic heterocycles. The lowest BCUT2D eigenvalue weighted by Crippen LogP contribution is -2.34. The summed E-state index contributed by atoms with van der Waals surface area (Å²) in [5, 5.41) is 2.05. The van der Waals surface area contributed by atoms with Gasteiger partial charge in [-0.15, -0.1) is 0 Å². The molecule has 2 heterocycles. The number of hydrogen-bond donors (Lipinski definition) is 2. The molecule has 1 aromatic rings. The number of aliphatic imine (C=N–C) groups is 1. The van der Waals surface area contributed by atoms with E-state index in [9.17, 15) is 0 Å². The Kier molecular flexibility index (Phi) is 2.22. The zero-order valence-corrected chi connectivity index (χ0v) is 8.28. The lowest BCUT2D eigenvalue weighted by molar-refractivity contribution is 0.410. The van der Waals surface area contributed by atoms with Gasteiger partial charge >= 0.3 is 0 Å². The Bertz CT molecular complexity index is 370. The molecule has 0 unspecified atom stereocenters. The number of halogens is 1. The average molecular weight is 213 g/mol. The van der Waals surface area contributed by atoms with Crippen molar-refractivity contribution in [3.63, 3.8) is 0 Å². The topological polar surface area (TPSA) is 79.4 Å². The molecule has 3 N–H and O–H groups in total. The van der Waals surface area contributed by atoms with E-state index < -0.39 is 0 Å². The number of nitrogens with zero attached hydrogens (tertiary/aromatic N) is 4. The Morgan fingerprint density at radius 2 is 2.36 bits per heavy atom. The van der Waals surface area contributed by atoms with Gasteiger partial charge < -0.3 is 5.73 Å². The SMILES string of the molecule is CN1NCN=C1c1c(N)ncnc1Cl. The van der Waals surface area contributed by atoms with Crippen molar-refractivity contribution in [2.45, 2.75) is 0 Å². The van der Waals surface area contributed by atoms with E-state index in [1.54, 1.807) is 5.01 Å². The number of rotatable bonds is 1. The Morgan fingerprint density at radius 3 is 2.93 bits per heavy atom. The molecule has 0 atom stereocenters. The summed E-state index contributed by atoms with van der Waals surface area (Å²) >= 11 is 5.91. The summed E-state index contributed by atoms with van der Waals surface area (Å²) in [5.41, 5.74) is 9.25. The minimum Gasteiger partial charge on any atom is -0.383 e. The predicted molar refractivity (Wildman–Crippen MR) is 53.8 cm³/mol. The van der Waals surface area contributed by atoms with Gasteiger partial charge in [-0.25, -0.2) is 20.4 Å². The van der Waals surface area contributed by atoms with Crippen LogP contribution in [0.25, 0.3) is 0 Å². The molecular weight excluding hydrogens is 204 g/mol. The Morgan fingerprint density at radius 1 is 1.57 bits per heavy atom. The van der Waals surface area contributed by atoms with E-state index >= 15 is 0 Å². The highest BCUT2D eigenvalue weighted by atomic mass is 35.5. The summed E-state index contributed by atoms with van der Waals surface area (Å²) in [6.45, 7) is 0.510. The van der Waals surface area contributed by atoms with Crippen LogP contribution in [0.4, 0.5) is 5.82 Å². The average Bonchev–Trinajstić information content (AvgIpc) is 2.52. The monoisotopic (exact) mass is 212 g/mol. The maximum atomic E-state index is 5.91. The Labute approximate surface area is 85.8 Å². The highest BCUT2D eigenvalue weighted by molar-refractivity contribution is 6.33. The van der Waals surface area contributed by atoms with Crippen LogP contribution in [0.3, 0.4) is 0 Å². The molecule has 0 bridgehead atoms. The number of aromatic nitrogens is 2. The van der Waals surface area contributed by atoms with Crippen LogP contribution in [-0.2, 0) is 0 Å². The lowest BCUT2D eigenvalue weighted by atomic mass is 10.3. The van der Waals surface area contributed by atoms with E-state index in [4.69, 9.17) is 17.3 Å². The number of hydrogen-bond acceptors (Lipinski definition) is 6. The van der Waals surface area contributed by atoms with Crippen LogP contribution in [0.15, 0.2) is 11.3 Å². The molecule has 0 fully saturated rings. The Hall–Kier alpha value is -1.40. The van der Waals surface area contributed by atoms with Crippen LogP contribution in [0.5, 0.6) is 0 Å². The number of amidine groups is 1. The molecule has 0 amide bonds. The molecule has 0 radical (unpaired) electrons. The maximum Gasteiger partial charge on any atom is 0.153 e. The van der Waals surface area contributed by atoms with Gasteiger partial charge in [0.25, 0.3) is 0 Å². The van der Waals surface area contributed by atoms with E-state index in [0.717, 1.165) is 0 Å². The van der Waals surface area contributed by atoms with Gasteiger partial charge in [-0.1, -0.05) is 11.6 Å². The van der Waals surface area contributed by atoms with E-state index in [1.807, 2.05) is 7.05 Å². The summed E-state index contributed by atoms with van der Waals surface area (Å²) in [4.78, 5) is 11.9. The summed E-state index contributed by atoms with van der Waals surface area (Å²) < 4.78 is 0. The summed E-state index contributed by atoms with van der Waals surface area (Å²) in [6.07, 6.45) is 1.32. The Balaban J connectivity index is 2.50. The second-order valence-electron chi connectivity index (χ2n) is 2.78. The number of nitrogens with two attached hydrogens (primary N) is 1. The summed E-state index contributed by atoms with van der Waals surface area (Å²) in [7, 11) is 1.83. The molecule has 1 aliphatic heterocycles. The zero-order chi connectivity index (χ0) is 10.1. The molecule has 2 rings (SSSR count). The van der Waals surface area contributed by atoms with Crippen molar-refractivity contribution >= 4 is 23.3 Å². The quantitative estimate of drug-likeness (QED) is 0.634. The number of nitrogens with one attached hydrogen (secondary N) is 1. The normalized spacial score (nSPS) is 15.9. The lowest BCUT2D eigenvalue weighted by Gasteiger charge is -2.14. The van der Waals surface area contributed by atoms with Crippen LogP contribution in [0.1, 0.15) is 5.56 Å². The maximum absolute atomic E-state index is 5.91. The van der Waals surface area contributed by atoms with Crippen molar-refractivity contribution in [1.29, 1.82) is 0 Å². The fraction of sp³-hybridized carbons (Fsp3) is 0.286. The molecule has 6 nitrogen and oxygen atoms in total. The van der Waals surface area contributed by atoms with Crippen molar-refractivity contribution in [3.05, 3.63) is 17.0 Å². The van der Waals surface area contributed by atoms with Crippen LogP contribution >= 0.6 is 11.6 Å². The first-order valence-corrected chi connectivity index (χ1v) is 4.36. The third-order valence-corrected chi connectivity index (χ3v) is 2.19. The molecule has 0 aliphatic carbocycles. The van der Waals surface area contributed by atoms with Crippen molar-refractivity contribution in [1.82, 2.24) is 20.4 Å². The molecule has 74 valence electrons. The van der Waals surface area contributed by atoms with Gasteiger partial charge in [-0.05, 0) is 0 Å². The molecular formula is C7H9ClN6. The van der Waals surface area contributed by atoms with Gasteiger partial charge in [0.1, 0.15) is 24.0 Å². The highest BCUT2D eigenvalue weighted by Gasteiger charge is 2.20. The van der Waals surface area contributed by atoms with Crippen molar-refractivity contribution in [3.8, 4) is 0 Å². The van der Waals surface area contributed by atoms with Gasteiger partial charge in [-0.2, -0.15) is 0 Å². The van der Waals surface area contributed by atoms with E-state index in [0.29, 0.717) is 29.0 Å². The minimum absolute atomic E-state index is 0.312. The molecule has 0 saturated heterocycles. The van der Waals surface area contributed by atoms with E-state index in [2.05, 4.69) is 20.4 Å². The molecule has 0 saturated carbocycles. The fourth-order valence-electron chi connectivity index (χ4n) is 1.23. The largest absolute Gasteiger partial charge is 0.383 e. The molecule has 7 heteroatoms. The molecule has 0 spiro atoms. The van der Waals surface area contributed by atoms with Crippen LogP contribution in [-0.4, -0.2) is 34.5 Å². The first-order chi connectivity index (χ1) is 6.70. The third kappa shape index (κ3) is 1.38. The minimum atomic E-state index is 0.312. The summed E-state index contributed by atoms with van der Waals surface area (Å²) in [6, 6.07) is 0. The summed E-state index contributed by atoms with van der Waals surface area (Å²) in [5.74, 6) is 0.993. The van der Waals surface area contributed by atoms with E-state index in [-0.39, 0.29) is 0 Å². The van der Waals surface area contributed by atoms with Crippen molar-refractivity contribution < 1.29 is 0 Å². The second kappa shape index (κ2) is 3.39. The number of anilines is 1. The standard InChI is InChI=1S/C7H9ClN6/c1-14-7(12-3-13-14)4-5(8)10-2-11-6(4)9/h2,13H,3H2,1H3,(H2,9,10,11). The van der Waals surface area contributed by atoms with Gasteiger partial charge in [0, 0.05) is 7.05 Å². The molecule has 14 heavy (non-hydrogen) atoms. The zero-order valence-electron chi connectivity index (χ0n) is 7.53. The van der Waals surface area contributed by atoms with Crippen LogP contribution < -0.4 is 11.2 Å². The van der Waals surface area contributed by atoms with E-state index in [1.165, 1.54) is 6.33 Å². The van der Waals surface area contributed by atoms with Crippen molar-refractivity contribution in [2.24, 2.45) is 4.99 Å². The van der Waals surface area contributed by atoms with Gasteiger partial charge in [0.15, 0.2) is 5.84 Å². The van der Waals surface area contributed by atoms with Gasteiger partial charge in [0.05, 0.1) is 5.56 Å². The van der Waals surface area contributed by atoms with Gasteiger partial charge in [-0.3, -0.25) is 5.01 Å². The number of nitrogen functional groups attached to an aromatic ring is 1. The molecule has 0 aromatic carbocycles. The molecule has 1 aliphatic rings.